The Kier molecular flexibility index (Phi) is 2.99. The lowest BCUT2D eigenvalue weighted by Crippen LogP contribution is -2.00. The molecule has 0 spiro atoms. The van der Waals surface area contributed by atoms with Gasteiger partial charge in [-0.1, -0.05) is 30.0 Å². The third kappa shape index (κ3) is 2.16. The highest BCUT2D eigenvalue weighted by Crippen LogP contribution is 2.25. The largest absolute Gasteiger partial charge is 0.386 e. The average Bonchev–Trinajstić information content (AvgIpc) is 2.81. The van der Waals surface area contributed by atoms with Crippen molar-refractivity contribution >= 4 is 11.9 Å². The number of hydrogen-bond donors (Lipinski definition) is 0. The van der Waals surface area contributed by atoms with Gasteiger partial charge in [0.05, 0.1) is 22.3 Å². The van der Waals surface area contributed by atoms with Crippen LogP contribution in [-0.2, 0) is 4.74 Å². The van der Waals surface area contributed by atoms with E-state index in [4.69, 9.17) is 5.26 Å². The van der Waals surface area contributed by atoms with Gasteiger partial charge in [0.15, 0.2) is 0 Å². The summed E-state index contributed by atoms with van der Waals surface area (Å²) in [5.41, 5.74) is 1.44. The molecule has 0 aromatic heterocycles. The molecule has 4 heteroatoms. The van der Waals surface area contributed by atoms with Gasteiger partial charge in [0.25, 0.3) is 0 Å². The molecule has 0 fully saturated rings. The van der Waals surface area contributed by atoms with E-state index >= 15 is 0 Å². The molecular weight excluding hydrogens is 266 g/mol. The third-order valence-corrected chi connectivity index (χ3v) is 3.04. The number of nitriles is 1. The summed E-state index contributed by atoms with van der Waals surface area (Å²) in [6, 6.07) is 14.0. The fourth-order valence-electron chi connectivity index (χ4n) is 2.05. The maximum atomic E-state index is 11.8. The van der Waals surface area contributed by atoms with Crippen molar-refractivity contribution < 1.29 is 14.3 Å². The Morgan fingerprint density at radius 3 is 2.38 bits per heavy atom. The molecule has 2 aromatic rings. The number of cyclic esters (lactones) is 2. The van der Waals surface area contributed by atoms with Gasteiger partial charge >= 0.3 is 11.9 Å². The molecule has 2 aromatic carbocycles. The zero-order chi connectivity index (χ0) is 14.8. The van der Waals surface area contributed by atoms with Gasteiger partial charge in [-0.15, -0.1) is 0 Å². The first-order chi connectivity index (χ1) is 10.2. The van der Waals surface area contributed by atoms with Crippen LogP contribution >= 0.6 is 0 Å². The number of rotatable bonds is 0. The van der Waals surface area contributed by atoms with Crippen LogP contribution in [0.3, 0.4) is 0 Å². The van der Waals surface area contributed by atoms with E-state index in [1.165, 1.54) is 12.1 Å². The van der Waals surface area contributed by atoms with Crippen LogP contribution < -0.4 is 0 Å². The summed E-state index contributed by atoms with van der Waals surface area (Å²) in [6.07, 6.45) is 0. The summed E-state index contributed by atoms with van der Waals surface area (Å²) >= 11 is 0. The van der Waals surface area contributed by atoms with Crippen LogP contribution in [0.25, 0.3) is 0 Å². The first kappa shape index (κ1) is 12.7. The normalized spacial score (nSPS) is 12.0. The number of nitrogens with zero attached hydrogens (tertiary/aromatic N) is 1. The number of esters is 2. The van der Waals surface area contributed by atoms with Crippen molar-refractivity contribution in [2.75, 3.05) is 0 Å². The number of fused-ring (bicyclic) bond motifs is 1. The van der Waals surface area contributed by atoms with Gasteiger partial charge in [0, 0.05) is 5.56 Å². The van der Waals surface area contributed by atoms with Crippen LogP contribution in [-0.4, -0.2) is 11.9 Å². The highest BCUT2D eigenvalue weighted by Gasteiger charge is 2.33. The van der Waals surface area contributed by atoms with Crippen LogP contribution in [0.1, 0.15) is 37.4 Å². The average molecular weight is 273 g/mol. The van der Waals surface area contributed by atoms with E-state index in [-0.39, 0.29) is 22.3 Å². The predicted molar refractivity (Wildman–Crippen MR) is 73.3 cm³/mol. The molecule has 0 aliphatic carbocycles. The van der Waals surface area contributed by atoms with Gasteiger partial charge in [-0.3, -0.25) is 0 Å². The molecule has 4 nitrogen and oxygen atoms in total. The van der Waals surface area contributed by atoms with Crippen molar-refractivity contribution in [2.24, 2.45) is 0 Å². The van der Waals surface area contributed by atoms with E-state index in [0.717, 1.165) is 5.56 Å². The third-order valence-electron chi connectivity index (χ3n) is 3.04. The molecule has 0 amide bonds. The van der Waals surface area contributed by atoms with E-state index in [0.29, 0.717) is 0 Å². The molecular formula is C17H7NO3. The molecule has 0 atom stereocenters. The number of carbonyl (C=O) groups is 2. The highest BCUT2D eigenvalue weighted by molar-refractivity contribution is 6.16. The highest BCUT2D eigenvalue weighted by atomic mass is 16.6. The summed E-state index contributed by atoms with van der Waals surface area (Å²) in [7, 11) is 0. The van der Waals surface area contributed by atoms with E-state index in [1.807, 2.05) is 36.4 Å². The summed E-state index contributed by atoms with van der Waals surface area (Å²) in [4.78, 5) is 23.3. The fraction of sp³-hybridized carbons (Fsp3) is 0. The number of ether oxygens (including phenoxy) is 1. The maximum absolute atomic E-state index is 11.8. The molecule has 1 aliphatic heterocycles. The van der Waals surface area contributed by atoms with E-state index in [2.05, 4.69) is 16.6 Å². The predicted octanol–water partition coefficient (Wildman–Crippen LogP) is 2.27. The quantitative estimate of drug-likeness (QED) is 0.419. The zero-order valence-electron chi connectivity index (χ0n) is 10.7. The standard InChI is InChI=1S/C17H7NO3/c18-10-12-7-9-14-15(17(20)21-16(14)19)13(12)8-6-11-4-2-1-3-5-11/h1-5,7,9H. The van der Waals surface area contributed by atoms with E-state index < -0.39 is 11.9 Å². The number of carbonyl (C=O) groups excluding carboxylic acids is 2. The topological polar surface area (TPSA) is 67.2 Å². The Hall–Kier alpha value is -3.37. The summed E-state index contributed by atoms with van der Waals surface area (Å²) < 4.78 is 4.57. The SMILES string of the molecule is N#Cc1ccc2c(c1C#Cc1ccccc1)C(=O)OC2=O. The minimum atomic E-state index is -0.760. The second-order valence-electron chi connectivity index (χ2n) is 4.32. The Labute approximate surface area is 120 Å². The molecule has 0 radical (unpaired) electrons. The summed E-state index contributed by atoms with van der Waals surface area (Å²) in [5, 5.41) is 9.14. The summed E-state index contributed by atoms with van der Waals surface area (Å²) in [5.74, 6) is 4.22. The van der Waals surface area contributed by atoms with Gasteiger partial charge in [-0.25, -0.2) is 9.59 Å². The maximum Gasteiger partial charge on any atom is 0.348 e. The Morgan fingerprint density at radius 2 is 1.67 bits per heavy atom. The smallest absolute Gasteiger partial charge is 0.348 e. The molecule has 1 heterocycles. The van der Waals surface area contributed by atoms with Gasteiger partial charge in [-0.05, 0) is 24.3 Å². The minimum Gasteiger partial charge on any atom is -0.386 e. The van der Waals surface area contributed by atoms with Gasteiger partial charge in [0.2, 0.25) is 0 Å². The van der Waals surface area contributed by atoms with Crippen molar-refractivity contribution in [2.45, 2.75) is 0 Å². The fourth-order valence-corrected chi connectivity index (χ4v) is 2.05. The lowest BCUT2D eigenvalue weighted by molar-refractivity contribution is 0.0443. The van der Waals surface area contributed by atoms with E-state index in [1.54, 1.807) is 0 Å². The molecule has 0 saturated heterocycles. The first-order valence-corrected chi connectivity index (χ1v) is 6.11. The van der Waals surface area contributed by atoms with Crippen LogP contribution in [0, 0.1) is 23.2 Å². The molecule has 98 valence electrons. The van der Waals surface area contributed by atoms with E-state index in [9.17, 15) is 9.59 Å². The lowest BCUT2D eigenvalue weighted by atomic mass is 9.97. The molecule has 1 aliphatic rings. The van der Waals surface area contributed by atoms with Gasteiger partial charge in [0.1, 0.15) is 6.07 Å². The van der Waals surface area contributed by atoms with Crippen molar-refractivity contribution in [3.05, 3.63) is 70.3 Å². The second kappa shape index (κ2) is 4.96. The minimum absolute atomic E-state index is 0.0717. The van der Waals surface area contributed by atoms with Crippen LogP contribution in [0.15, 0.2) is 42.5 Å². The van der Waals surface area contributed by atoms with Crippen molar-refractivity contribution in [3.8, 4) is 17.9 Å². The second-order valence-corrected chi connectivity index (χ2v) is 4.32. The molecule has 21 heavy (non-hydrogen) atoms. The molecule has 3 rings (SSSR count). The van der Waals surface area contributed by atoms with Crippen molar-refractivity contribution in [3.63, 3.8) is 0 Å². The molecule has 0 bridgehead atoms. The monoisotopic (exact) mass is 273 g/mol. The molecule has 0 saturated carbocycles. The van der Waals surface area contributed by atoms with Gasteiger partial charge < -0.3 is 4.74 Å². The van der Waals surface area contributed by atoms with Crippen LogP contribution in [0.5, 0.6) is 0 Å². The Bertz CT molecular complexity index is 865. The summed E-state index contributed by atoms with van der Waals surface area (Å²) in [6.45, 7) is 0. The lowest BCUT2D eigenvalue weighted by Gasteiger charge is -1.99. The molecule has 0 unspecified atom stereocenters. The van der Waals surface area contributed by atoms with Gasteiger partial charge in [-0.2, -0.15) is 5.26 Å². The van der Waals surface area contributed by atoms with Crippen molar-refractivity contribution in [1.29, 1.82) is 5.26 Å². The Balaban J connectivity index is 2.20. The van der Waals surface area contributed by atoms with Crippen molar-refractivity contribution in [1.82, 2.24) is 0 Å². The van der Waals surface area contributed by atoms with Crippen LogP contribution in [0.4, 0.5) is 0 Å². The van der Waals surface area contributed by atoms with Crippen LogP contribution in [0.2, 0.25) is 0 Å². The molecule has 0 N–H and O–H groups in total. The zero-order valence-corrected chi connectivity index (χ0v) is 10.7. The Morgan fingerprint density at radius 1 is 0.905 bits per heavy atom. The number of benzene rings is 2. The first-order valence-electron chi connectivity index (χ1n) is 6.11. The number of hydrogen-bond acceptors (Lipinski definition) is 4.